The van der Waals surface area contributed by atoms with Crippen LogP contribution in [0.5, 0.6) is 0 Å². The summed E-state index contributed by atoms with van der Waals surface area (Å²) >= 11 is 0. The van der Waals surface area contributed by atoms with Crippen LogP contribution in [0.4, 0.5) is 5.69 Å². The maximum absolute atomic E-state index is 13.1. The molecular weight excluding hydrogens is 340 g/mol. The number of nitrogens with zero attached hydrogens (tertiary/aromatic N) is 3. The van der Waals surface area contributed by atoms with Crippen molar-refractivity contribution in [3.05, 3.63) is 60.5 Å². The predicted octanol–water partition coefficient (Wildman–Crippen LogP) is 3.07. The number of oxazole rings is 1. The first-order chi connectivity index (χ1) is 13.3. The molecule has 4 heterocycles. The number of hydrazine groups is 1. The molecule has 1 N–H and O–H groups in total. The van der Waals surface area contributed by atoms with Crippen molar-refractivity contribution < 1.29 is 9.21 Å². The lowest BCUT2D eigenvalue weighted by molar-refractivity contribution is 0.0746. The molecule has 1 aromatic heterocycles. The van der Waals surface area contributed by atoms with E-state index in [-0.39, 0.29) is 11.9 Å². The third-order valence-corrected chi connectivity index (χ3v) is 5.81. The maximum Gasteiger partial charge on any atom is 0.272 e. The van der Waals surface area contributed by atoms with Gasteiger partial charge in [0.05, 0.1) is 17.3 Å². The first kappa shape index (κ1) is 16.3. The number of nitrogens with one attached hydrogen (secondary N) is 1. The quantitative estimate of drug-likeness (QED) is 0.723. The standard InChI is InChI=1S/C21H22N4O2/c26-21(17-7-4-8-19-20(17)22-14-27-19)23-25(16-5-2-1-3-6-16)18-13-24-11-9-15(18)10-12-24/h1-8,14-15,18H,9-13H2,(H,23,26). The number of rotatable bonds is 4. The average molecular weight is 362 g/mol. The minimum atomic E-state index is -0.158. The smallest absolute Gasteiger partial charge is 0.272 e. The molecule has 0 aliphatic carbocycles. The van der Waals surface area contributed by atoms with Gasteiger partial charge in [-0.3, -0.25) is 15.2 Å². The minimum absolute atomic E-state index is 0.158. The van der Waals surface area contributed by atoms with Crippen molar-refractivity contribution in [2.75, 3.05) is 24.6 Å². The number of fused-ring (bicyclic) bond motifs is 4. The van der Waals surface area contributed by atoms with Crippen LogP contribution in [0.3, 0.4) is 0 Å². The second kappa shape index (κ2) is 6.70. The molecule has 3 fully saturated rings. The Morgan fingerprint density at radius 2 is 1.93 bits per heavy atom. The van der Waals surface area contributed by atoms with Gasteiger partial charge in [-0.2, -0.15) is 0 Å². The molecule has 0 saturated carbocycles. The molecule has 27 heavy (non-hydrogen) atoms. The number of carbonyl (C=O) groups is 1. The van der Waals surface area contributed by atoms with Crippen molar-refractivity contribution in [2.45, 2.75) is 18.9 Å². The van der Waals surface area contributed by atoms with Gasteiger partial charge in [0.25, 0.3) is 5.91 Å². The van der Waals surface area contributed by atoms with E-state index in [1.807, 2.05) is 30.3 Å². The van der Waals surface area contributed by atoms with Crippen molar-refractivity contribution in [1.29, 1.82) is 0 Å². The molecule has 0 spiro atoms. The van der Waals surface area contributed by atoms with Crippen LogP contribution in [0, 0.1) is 5.92 Å². The highest BCUT2D eigenvalue weighted by Crippen LogP contribution is 2.32. The van der Waals surface area contributed by atoms with Gasteiger partial charge in [0.2, 0.25) is 0 Å². The largest absolute Gasteiger partial charge is 0.443 e. The van der Waals surface area contributed by atoms with E-state index in [9.17, 15) is 4.79 Å². The number of hydrogen-bond donors (Lipinski definition) is 1. The Balaban J connectivity index is 1.48. The molecule has 6 heteroatoms. The Labute approximate surface area is 157 Å². The molecule has 6 rings (SSSR count). The van der Waals surface area contributed by atoms with E-state index in [1.165, 1.54) is 19.2 Å². The molecule has 1 unspecified atom stereocenters. The Kier molecular flexibility index (Phi) is 4.05. The molecule has 1 atom stereocenters. The van der Waals surface area contributed by atoms with Crippen molar-refractivity contribution in [3.63, 3.8) is 0 Å². The number of piperidine rings is 3. The molecular formula is C21H22N4O2. The highest BCUT2D eigenvalue weighted by molar-refractivity contribution is 6.04. The van der Waals surface area contributed by atoms with Crippen LogP contribution < -0.4 is 10.4 Å². The van der Waals surface area contributed by atoms with Crippen LogP contribution in [0.2, 0.25) is 0 Å². The topological polar surface area (TPSA) is 61.6 Å². The van der Waals surface area contributed by atoms with Gasteiger partial charge < -0.3 is 9.32 Å². The highest BCUT2D eigenvalue weighted by Gasteiger charge is 2.38. The van der Waals surface area contributed by atoms with Gasteiger partial charge in [0, 0.05) is 6.54 Å². The fourth-order valence-electron chi connectivity index (χ4n) is 4.39. The van der Waals surface area contributed by atoms with Gasteiger partial charge in [-0.25, -0.2) is 4.98 Å². The predicted molar refractivity (Wildman–Crippen MR) is 103 cm³/mol. The SMILES string of the molecule is O=C(NN(c1ccccc1)C1CN2CCC1CC2)c1cccc2ocnc12. The van der Waals surface area contributed by atoms with Gasteiger partial charge >= 0.3 is 0 Å². The van der Waals surface area contributed by atoms with E-state index in [0.717, 1.165) is 25.3 Å². The number of amides is 1. The first-order valence-corrected chi connectivity index (χ1v) is 9.49. The lowest BCUT2D eigenvalue weighted by Crippen LogP contribution is -2.62. The number of aromatic nitrogens is 1. The van der Waals surface area contributed by atoms with Crippen LogP contribution in [0.15, 0.2) is 59.3 Å². The summed E-state index contributed by atoms with van der Waals surface area (Å²) in [5.74, 6) is 0.438. The molecule has 2 bridgehead atoms. The average Bonchev–Trinajstić information content (AvgIpc) is 3.22. The molecule has 3 aromatic rings. The summed E-state index contributed by atoms with van der Waals surface area (Å²) in [6.07, 6.45) is 3.75. The fourth-order valence-corrected chi connectivity index (χ4v) is 4.39. The number of para-hydroxylation sites is 2. The summed E-state index contributed by atoms with van der Waals surface area (Å²) < 4.78 is 5.34. The monoisotopic (exact) mass is 362 g/mol. The molecule has 3 saturated heterocycles. The van der Waals surface area contributed by atoms with Crippen molar-refractivity contribution >= 4 is 22.7 Å². The van der Waals surface area contributed by atoms with Crippen LogP contribution >= 0.6 is 0 Å². The minimum Gasteiger partial charge on any atom is -0.443 e. The van der Waals surface area contributed by atoms with Gasteiger partial charge in [0.1, 0.15) is 5.52 Å². The molecule has 1 amide bonds. The number of anilines is 1. The van der Waals surface area contributed by atoms with Crippen molar-refractivity contribution in [1.82, 2.24) is 15.3 Å². The Morgan fingerprint density at radius 3 is 2.67 bits per heavy atom. The summed E-state index contributed by atoms with van der Waals surface area (Å²) in [7, 11) is 0. The maximum atomic E-state index is 13.1. The summed E-state index contributed by atoms with van der Waals surface area (Å²) in [5, 5.41) is 2.07. The van der Waals surface area contributed by atoms with E-state index < -0.39 is 0 Å². The molecule has 138 valence electrons. The van der Waals surface area contributed by atoms with Crippen molar-refractivity contribution in [2.24, 2.45) is 5.92 Å². The molecule has 0 radical (unpaired) electrons. The lowest BCUT2D eigenvalue weighted by atomic mass is 9.83. The van der Waals surface area contributed by atoms with Gasteiger partial charge in [-0.1, -0.05) is 24.3 Å². The fraction of sp³-hybridized carbons (Fsp3) is 0.333. The second-order valence-corrected chi connectivity index (χ2v) is 7.36. The summed E-state index contributed by atoms with van der Waals surface area (Å²) in [4.78, 5) is 19.8. The summed E-state index contributed by atoms with van der Waals surface area (Å²) in [6.45, 7) is 3.31. The lowest BCUT2D eigenvalue weighted by Gasteiger charge is -2.49. The highest BCUT2D eigenvalue weighted by atomic mass is 16.3. The van der Waals surface area contributed by atoms with Crippen LogP contribution in [-0.2, 0) is 0 Å². The van der Waals surface area contributed by atoms with Gasteiger partial charge in [0.15, 0.2) is 12.0 Å². The van der Waals surface area contributed by atoms with E-state index in [4.69, 9.17) is 4.42 Å². The number of hydrogen-bond acceptors (Lipinski definition) is 5. The van der Waals surface area contributed by atoms with E-state index in [1.54, 1.807) is 6.07 Å². The number of carbonyl (C=O) groups excluding carboxylic acids is 1. The van der Waals surface area contributed by atoms with Crippen LogP contribution in [0.1, 0.15) is 23.2 Å². The molecule has 2 aromatic carbocycles. The zero-order valence-electron chi connectivity index (χ0n) is 15.0. The third-order valence-electron chi connectivity index (χ3n) is 5.81. The van der Waals surface area contributed by atoms with Crippen LogP contribution in [-0.4, -0.2) is 41.5 Å². The second-order valence-electron chi connectivity index (χ2n) is 7.36. The normalized spacial score (nSPS) is 24.1. The Morgan fingerprint density at radius 1 is 1.11 bits per heavy atom. The van der Waals surface area contributed by atoms with Crippen LogP contribution in [0.25, 0.3) is 11.1 Å². The molecule has 6 nitrogen and oxygen atoms in total. The summed E-state index contributed by atoms with van der Waals surface area (Å²) in [5.41, 5.74) is 5.93. The van der Waals surface area contributed by atoms with Crippen molar-refractivity contribution in [3.8, 4) is 0 Å². The number of benzene rings is 2. The Hall–Kier alpha value is -2.86. The van der Waals surface area contributed by atoms with E-state index in [2.05, 4.69) is 32.5 Å². The first-order valence-electron chi connectivity index (χ1n) is 9.49. The molecule has 3 aliphatic heterocycles. The third kappa shape index (κ3) is 2.96. The Bertz CT molecular complexity index is 947. The van der Waals surface area contributed by atoms with E-state index in [0.29, 0.717) is 22.6 Å². The van der Waals surface area contributed by atoms with E-state index >= 15 is 0 Å². The van der Waals surface area contributed by atoms with Gasteiger partial charge in [-0.15, -0.1) is 0 Å². The molecule has 3 aliphatic rings. The summed E-state index contributed by atoms with van der Waals surface area (Å²) in [6, 6.07) is 15.8. The zero-order chi connectivity index (χ0) is 18.2. The van der Waals surface area contributed by atoms with Gasteiger partial charge in [-0.05, 0) is 56.1 Å². The zero-order valence-corrected chi connectivity index (χ0v) is 15.0.